The van der Waals surface area contributed by atoms with Crippen molar-refractivity contribution in [3.63, 3.8) is 0 Å². The SMILES string of the molecule is C[N@+]1(CCc2ccon2)CCCC(OC(=O)C([O-])(c2ccccc2)C2CCCC2)C1. The van der Waals surface area contributed by atoms with Crippen LogP contribution in [0.3, 0.4) is 0 Å². The minimum absolute atomic E-state index is 0.191. The number of ether oxygens (including phenoxy) is 1. The maximum absolute atomic E-state index is 14.0. The van der Waals surface area contributed by atoms with Crippen molar-refractivity contribution in [2.75, 3.05) is 26.7 Å². The van der Waals surface area contributed by atoms with Crippen molar-refractivity contribution in [2.24, 2.45) is 5.92 Å². The number of likely N-dealkylation sites (N-methyl/N-ethyl adjacent to an activating group) is 1. The van der Waals surface area contributed by atoms with E-state index in [0.717, 1.165) is 74.8 Å². The Kier molecular flexibility index (Phi) is 6.25. The molecule has 6 heteroatoms. The van der Waals surface area contributed by atoms with Crippen LogP contribution in [0.1, 0.15) is 49.8 Å². The number of quaternary nitrogens is 1. The van der Waals surface area contributed by atoms with E-state index >= 15 is 0 Å². The highest BCUT2D eigenvalue weighted by Gasteiger charge is 2.42. The monoisotopic (exact) mass is 412 g/mol. The van der Waals surface area contributed by atoms with Gasteiger partial charge in [0.1, 0.15) is 12.8 Å². The Bertz CT molecular complexity index is 819. The molecule has 0 radical (unpaired) electrons. The molecule has 2 unspecified atom stereocenters. The molecule has 1 aromatic heterocycles. The Morgan fingerprint density at radius 2 is 1.97 bits per heavy atom. The van der Waals surface area contributed by atoms with Crippen LogP contribution < -0.4 is 5.11 Å². The minimum Gasteiger partial charge on any atom is -0.837 e. The van der Waals surface area contributed by atoms with Crippen molar-refractivity contribution >= 4 is 5.97 Å². The molecular weight excluding hydrogens is 380 g/mol. The summed E-state index contributed by atoms with van der Waals surface area (Å²) in [5.74, 6) is -0.778. The van der Waals surface area contributed by atoms with E-state index in [1.54, 1.807) is 18.4 Å². The average molecular weight is 413 g/mol. The third-order valence-corrected chi connectivity index (χ3v) is 6.98. The molecule has 3 atom stereocenters. The van der Waals surface area contributed by atoms with E-state index in [-0.39, 0.29) is 12.0 Å². The molecule has 0 spiro atoms. The van der Waals surface area contributed by atoms with Gasteiger partial charge in [-0.25, -0.2) is 0 Å². The van der Waals surface area contributed by atoms with E-state index in [4.69, 9.17) is 9.26 Å². The van der Waals surface area contributed by atoms with Gasteiger partial charge in [0.05, 0.1) is 25.8 Å². The zero-order valence-corrected chi connectivity index (χ0v) is 17.8. The Morgan fingerprint density at radius 3 is 2.67 bits per heavy atom. The molecule has 0 bridgehead atoms. The van der Waals surface area contributed by atoms with Crippen molar-refractivity contribution in [3.05, 3.63) is 53.9 Å². The van der Waals surface area contributed by atoms with E-state index in [2.05, 4.69) is 12.2 Å². The highest BCUT2D eigenvalue weighted by atomic mass is 16.6. The number of aromatic nitrogens is 1. The lowest BCUT2D eigenvalue weighted by atomic mass is 9.80. The number of hydrogen-bond donors (Lipinski definition) is 0. The highest BCUT2D eigenvalue weighted by molar-refractivity contribution is 5.81. The topological polar surface area (TPSA) is 75.4 Å². The van der Waals surface area contributed by atoms with E-state index < -0.39 is 11.6 Å². The Morgan fingerprint density at radius 1 is 1.20 bits per heavy atom. The van der Waals surface area contributed by atoms with Crippen molar-refractivity contribution in [3.8, 4) is 0 Å². The lowest BCUT2D eigenvalue weighted by molar-refractivity contribution is -0.916. The molecule has 6 nitrogen and oxygen atoms in total. The number of rotatable bonds is 7. The molecule has 1 aromatic carbocycles. The van der Waals surface area contributed by atoms with E-state index in [9.17, 15) is 9.90 Å². The van der Waals surface area contributed by atoms with E-state index in [0.29, 0.717) is 5.56 Å². The number of benzene rings is 1. The predicted octanol–water partition coefficient (Wildman–Crippen LogP) is 2.82. The molecular formula is C24H32N2O4. The quantitative estimate of drug-likeness (QED) is 0.516. The van der Waals surface area contributed by atoms with Gasteiger partial charge >= 0.3 is 5.97 Å². The zero-order valence-electron chi connectivity index (χ0n) is 17.8. The lowest BCUT2D eigenvalue weighted by Crippen LogP contribution is -2.58. The van der Waals surface area contributed by atoms with Crippen LogP contribution in [-0.2, 0) is 21.6 Å². The Balaban J connectivity index is 1.45. The van der Waals surface area contributed by atoms with Crippen LogP contribution in [0.2, 0.25) is 0 Å². The first-order valence-corrected chi connectivity index (χ1v) is 11.2. The second kappa shape index (κ2) is 8.90. The van der Waals surface area contributed by atoms with Gasteiger partial charge < -0.3 is 18.8 Å². The van der Waals surface area contributed by atoms with Gasteiger partial charge in [0.25, 0.3) is 0 Å². The molecule has 2 aromatic rings. The van der Waals surface area contributed by atoms with Crippen molar-refractivity contribution in [2.45, 2.75) is 56.7 Å². The molecule has 162 valence electrons. The van der Waals surface area contributed by atoms with Crippen LogP contribution in [-0.4, -0.2) is 48.4 Å². The number of carbonyl (C=O) groups is 1. The number of carbonyl (C=O) groups excluding carboxylic acids is 1. The van der Waals surface area contributed by atoms with Crippen LogP contribution in [0.4, 0.5) is 0 Å². The first-order valence-electron chi connectivity index (χ1n) is 11.2. The predicted molar refractivity (Wildman–Crippen MR) is 110 cm³/mol. The van der Waals surface area contributed by atoms with Gasteiger partial charge in [-0.1, -0.05) is 61.2 Å². The van der Waals surface area contributed by atoms with Gasteiger partial charge in [-0.2, -0.15) is 0 Å². The van der Waals surface area contributed by atoms with Gasteiger partial charge in [0.2, 0.25) is 0 Å². The zero-order chi connectivity index (χ0) is 21.0. The summed E-state index contributed by atoms with van der Waals surface area (Å²) >= 11 is 0. The van der Waals surface area contributed by atoms with Gasteiger partial charge in [-0.3, -0.25) is 4.79 Å². The van der Waals surface area contributed by atoms with Gasteiger partial charge in [0.15, 0.2) is 6.10 Å². The Labute approximate surface area is 178 Å². The van der Waals surface area contributed by atoms with Crippen LogP contribution in [0.5, 0.6) is 0 Å². The third-order valence-electron chi connectivity index (χ3n) is 6.98. The maximum Gasteiger partial charge on any atom is 0.300 e. The largest absolute Gasteiger partial charge is 0.837 e. The first-order chi connectivity index (χ1) is 14.5. The summed E-state index contributed by atoms with van der Waals surface area (Å²) in [7, 11) is 2.19. The minimum atomic E-state index is -1.81. The molecule has 4 rings (SSSR count). The van der Waals surface area contributed by atoms with E-state index in [1.807, 2.05) is 24.3 Å². The molecule has 2 aliphatic rings. The number of esters is 1. The number of piperidine rings is 1. The summed E-state index contributed by atoms with van der Waals surface area (Å²) in [5, 5.41) is 18.0. The molecule has 30 heavy (non-hydrogen) atoms. The average Bonchev–Trinajstić information content (AvgIpc) is 3.47. The van der Waals surface area contributed by atoms with Crippen molar-refractivity contribution < 1.29 is 23.6 Å². The molecule has 0 amide bonds. The molecule has 2 heterocycles. The van der Waals surface area contributed by atoms with Gasteiger partial charge in [-0.15, -0.1) is 0 Å². The van der Waals surface area contributed by atoms with Crippen LogP contribution in [0, 0.1) is 5.92 Å². The number of hydrogen-bond acceptors (Lipinski definition) is 5. The first kappa shape index (κ1) is 21.1. The molecule has 0 N–H and O–H groups in total. The van der Waals surface area contributed by atoms with E-state index in [1.165, 1.54) is 0 Å². The van der Waals surface area contributed by atoms with Gasteiger partial charge in [0, 0.05) is 24.5 Å². The summed E-state index contributed by atoms with van der Waals surface area (Å²) in [6.07, 6.45) is 7.61. The fourth-order valence-corrected chi connectivity index (χ4v) is 5.20. The summed E-state index contributed by atoms with van der Waals surface area (Å²) in [6, 6.07) is 11.0. The molecule has 1 aliphatic carbocycles. The summed E-state index contributed by atoms with van der Waals surface area (Å²) < 4.78 is 11.7. The summed E-state index contributed by atoms with van der Waals surface area (Å²) in [6.45, 7) is 2.68. The van der Waals surface area contributed by atoms with Crippen molar-refractivity contribution in [1.82, 2.24) is 5.16 Å². The van der Waals surface area contributed by atoms with Crippen molar-refractivity contribution in [1.29, 1.82) is 0 Å². The molecule has 1 saturated carbocycles. The number of nitrogens with zero attached hydrogens (tertiary/aromatic N) is 2. The lowest BCUT2D eigenvalue weighted by Gasteiger charge is -2.46. The fourth-order valence-electron chi connectivity index (χ4n) is 5.20. The second-order valence-corrected chi connectivity index (χ2v) is 9.24. The van der Waals surface area contributed by atoms with Crippen LogP contribution in [0.15, 0.2) is 47.2 Å². The normalized spacial score (nSPS) is 26.9. The molecule has 2 fully saturated rings. The third kappa shape index (κ3) is 4.44. The highest BCUT2D eigenvalue weighted by Crippen LogP contribution is 2.40. The standard InChI is InChI=1S/C24H32N2O4/c1-26(16-13-21-14-17-29-25-21)15-7-12-22(18-26)30-23(27)24(28,20-10-5-6-11-20)19-8-3-2-4-9-19/h2-4,8-9,14,17,20,22H,5-7,10-13,15-16,18H2,1H3/t22?,24?,26-/m1/s1. The molecule has 1 saturated heterocycles. The smallest absolute Gasteiger partial charge is 0.300 e. The summed E-state index contributed by atoms with van der Waals surface area (Å²) in [5.41, 5.74) is -0.322. The fraction of sp³-hybridized carbons (Fsp3) is 0.583. The maximum atomic E-state index is 14.0. The second-order valence-electron chi connectivity index (χ2n) is 9.24. The summed E-state index contributed by atoms with van der Waals surface area (Å²) in [4.78, 5) is 13.3. The molecule has 1 aliphatic heterocycles. The Hall–Kier alpha value is -2.18. The van der Waals surface area contributed by atoms with Crippen LogP contribution in [0.25, 0.3) is 0 Å². The van der Waals surface area contributed by atoms with Crippen LogP contribution >= 0.6 is 0 Å². The number of likely N-dealkylation sites (tertiary alicyclic amines) is 1. The van der Waals surface area contributed by atoms with Gasteiger partial charge in [-0.05, 0) is 17.9 Å².